The molecule has 0 fully saturated rings. The van der Waals surface area contributed by atoms with E-state index in [1.54, 1.807) is 14.2 Å². The fourth-order valence-electron chi connectivity index (χ4n) is 2.03. The second-order valence-corrected chi connectivity index (χ2v) is 6.88. The van der Waals surface area contributed by atoms with Crippen LogP contribution < -0.4 is 15.2 Å². The van der Waals surface area contributed by atoms with E-state index in [9.17, 15) is 0 Å². The van der Waals surface area contributed by atoms with Gasteiger partial charge in [0.2, 0.25) is 0 Å². The fourth-order valence-corrected chi connectivity index (χ4v) is 4.35. The summed E-state index contributed by atoms with van der Waals surface area (Å²) in [6.45, 7) is 5.04. The van der Waals surface area contributed by atoms with Crippen LogP contribution in [0.15, 0.2) is 15.9 Å². The Balaban J connectivity index is 3.35. The van der Waals surface area contributed by atoms with E-state index < -0.39 is 0 Å². The standard InChI is InChI=1S/C16H27NO2S2/c1-5-9-20-15-12(7-8-17)11-13(18-3)14(19-4)16(15)21-10-6-2/h11H,5-10,17H2,1-4H3. The molecular formula is C16H27NO2S2. The van der Waals surface area contributed by atoms with E-state index >= 15 is 0 Å². The topological polar surface area (TPSA) is 44.5 Å². The molecule has 0 spiro atoms. The number of ether oxygens (including phenoxy) is 2. The van der Waals surface area contributed by atoms with Crippen LogP contribution in [0.3, 0.4) is 0 Å². The van der Waals surface area contributed by atoms with Gasteiger partial charge in [-0.15, -0.1) is 23.5 Å². The first-order valence-corrected chi connectivity index (χ1v) is 9.43. The summed E-state index contributed by atoms with van der Waals surface area (Å²) in [6.07, 6.45) is 3.15. The van der Waals surface area contributed by atoms with Crippen LogP contribution in [0.1, 0.15) is 32.3 Å². The summed E-state index contributed by atoms with van der Waals surface area (Å²) in [4.78, 5) is 2.53. The Morgan fingerprint density at radius 3 is 2.10 bits per heavy atom. The molecule has 0 aliphatic rings. The fraction of sp³-hybridized carbons (Fsp3) is 0.625. The zero-order chi connectivity index (χ0) is 15.7. The van der Waals surface area contributed by atoms with Crippen LogP contribution in [0.4, 0.5) is 0 Å². The van der Waals surface area contributed by atoms with E-state index in [0.717, 1.165) is 42.3 Å². The largest absolute Gasteiger partial charge is 0.493 e. The smallest absolute Gasteiger partial charge is 0.175 e. The lowest BCUT2D eigenvalue weighted by atomic mass is 10.1. The zero-order valence-corrected chi connectivity index (χ0v) is 15.2. The predicted octanol–water partition coefficient (Wildman–Crippen LogP) is 4.21. The van der Waals surface area contributed by atoms with Crippen molar-refractivity contribution in [1.82, 2.24) is 0 Å². The first kappa shape index (κ1) is 18.5. The predicted molar refractivity (Wildman–Crippen MR) is 94.3 cm³/mol. The lowest BCUT2D eigenvalue weighted by Crippen LogP contribution is -2.06. The molecular weight excluding hydrogens is 302 g/mol. The highest BCUT2D eigenvalue weighted by Gasteiger charge is 2.19. The number of benzene rings is 1. The van der Waals surface area contributed by atoms with Gasteiger partial charge in [0.05, 0.1) is 19.1 Å². The Morgan fingerprint density at radius 2 is 1.62 bits per heavy atom. The Hall–Kier alpha value is -0.520. The molecule has 3 nitrogen and oxygen atoms in total. The molecule has 0 radical (unpaired) electrons. The molecule has 120 valence electrons. The molecule has 0 amide bonds. The van der Waals surface area contributed by atoms with Crippen LogP contribution in [0.2, 0.25) is 0 Å². The average Bonchev–Trinajstić information content (AvgIpc) is 2.51. The molecule has 0 atom stereocenters. The van der Waals surface area contributed by atoms with Gasteiger partial charge in [-0.05, 0) is 48.9 Å². The lowest BCUT2D eigenvalue weighted by molar-refractivity contribution is 0.345. The molecule has 0 unspecified atom stereocenters. The first-order valence-electron chi connectivity index (χ1n) is 7.46. The van der Waals surface area contributed by atoms with E-state index in [2.05, 4.69) is 19.9 Å². The van der Waals surface area contributed by atoms with Crippen LogP contribution in [0.25, 0.3) is 0 Å². The highest BCUT2D eigenvalue weighted by molar-refractivity contribution is 8.02. The molecule has 0 bridgehead atoms. The quantitative estimate of drug-likeness (QED) is 0.651. The molecule has 21 heavy (non-hydrogen) atoms. The zero-order valence-electron chi connectivity index (χ0n) is 13.5. The summed E-state index contributed by atoms with van der Waals surface area (Å²) < 4.78 is 11.1. The van der Waals surface area contributed by atoms with Gasteiger partial charge >= 0.3 is 0 Å². The SMILES string of the molecule is CCCSc1c(CCN)cc(OC)c(OC)c1SCCC. The molecule has 0 heterocycles. The molecule has 5 heteroatoms. The normalized spacial score (nSPS) is 10.7. The van der Waals surface area contributed by atoms with Crippen LogP contribution in [0.5, 0.6) is 11.5 Å². The summed E-state index contributed by atoms with van der Waals surface area (Å²) >= 11 is 3.75. The van der Waals surface area contributed by atoms with Crippen molar-refractivity contribution in [3.8, 4) is 11.5 Å². The molecule has 0 saturated carbocycles. The van der Waals surface area contributed by atoms with Gasteiger partial charge in [-0.2, -0.15) is 0 Å². The van der Waals surface area contributed by atoms with Gasteiger partial charge < -0.3 is 15.2 Å². The van der Waals surface area contributed by atoms with Gasteiger partial charge in [0.1, 0.15) is 0 Å². The second-order valence-electron chi connectivity index (χ2n) is 4.67. The third-order valence-electron chi connectivity index (χ3n) is 2.97. The van der Waals surface area contributed by atoms with Crippen molar-refractivity contribution in [2.24, 2.45) is 5.73 Å². The number of nitrogens with two attached hydrogens (primary N) is 1. The van der Waals surface area contributed by atoms with Crippen LogP contribution in [-0.4, -0.2) is 32.3 Å². The van der Waals surface area contributed by atoms with Crippen molar-refractivity contribution >= 4 is 23.5 Å². The highest BCUT2D eigenvalue weighted by atomic mass is 32.2. The van der Waals surface area contributed by atoms with Crippen molar-refractivity contribution < 1.29 is 9.47 Å². The Labute approximate surface area is 137 Å². The van der Waals surface area contributed by atoms with Crippen molar-refractivity contribution in [3.63, 3.8) is 0 Å². The summed E-state index contributed by atoms with van der Waals surface area (Å²) in [5.41, 5.74) is 7.05. The van der Waals surface area contributed by atoms with Crippen molar-refractivity contribution in [1.29, 1.82) is 0 Å². The number of methoxy groups -OCH3 is 2. The van der Waals surface area contributed by atoms with Gasteiger partial charge in [0.25, 0.3) is 0 Å². The summed E-state index contributed by atoms with van der Waals surface area (Å²) in [5.74, 6) is 3.84. The molecule has 1 aromatic carbocycles. The second kappa shape index (κ2) is 10.2. The minimum atomic E-state index is 0.646. The highest BCUT2D eigenvalue weighted by Crippen LogP contribution is 2.46. The number of rotatable bonds is 10. The number of thioether (sulfide) groups is 2. The minimum Gasteiger partial charge on any atom is -0.493 e. The van der Waals surface area contributed by atoms with E-state index in [-0.39, 0.29) is 0 Å². The Bertz CT molecular complexity index is 439. The van der Waals surface area contributed by atoms with Crippen LogP contribution >= 0.6 is 23.5 Å². The van der Waals surface area contributed by atoms with E-state index in [4.69, 9.17) is 15.2 Å². The van der Waals surface area contributed by atoms with Gasteiger partial charge in [0.15, 0.2) is 11.5 Å². The van der Waals surface area contributed by atoms with Crippen molar-refractivity contribution in [2.45, 2.75) is 42.9 Å². The third kappa shape index (κ3) is 5.01. The van der Waals surface area contributed by atoms with Gasteiger partial charge in [-0.1, -0.05) is 13.8 Å². The summed E-state index contributed by atoms with van der Waals surface area (Å²) in [6, 6.07) is 2.08. The van der Waals surface area contributed by atoms with E-state index in [1.165, 1.54) is 15.4 Å². The Kier molecular flexibility index (Phi) is 9.04. The van der Waals surface area contributed by atoms with Crippen LogP contribution in [0, 0.1) is 0 Å². The Morgan fingerprint density at radius 1 is 1.00 bits per heavy atom. The van der Waals surface area contributed by atoms with Gasteiger partial charge in [-0.3, -0.25) is 0 Å². The molecule has 1 rings (SSSR count). The maximum atomic E-state index is 5.78. The van der Waals surface area contributed by atoms with E-state index in [0.29, 0.717) is 6.54 Å². The molecule has 2 N–H and O–H groups in total. The van der Waals surface area contributed by atoms with Gasteiger partial charge in [0, 0.05) is 4.90 Å². The van der Waals surface area contributed by atoms with Crippen molar-refractivity contribution in [3.05, 3.63) is 11.6 Å². The number of hydrogen-bond acceptors (Lipinski definition) is 5. The van der Waals surface area contributed by atoms with Crippen LogP contribution in [-0.2, 0) is 6.42 Å². The van der Waals surface area contributed by atoms with Gasteiger partial charge in [-0.25, -0.2) is 0 Å². The average molecular weight is 330 g/mol. The summed E-state index contributed by atoms with van der Waals surface area (Å²) in [5, 5.41) is 0. The lowest BCUT2D eigenvalue weighted by Gasteiger charge is -2.19. The van der Waals surface area contributed by atoms with E-state index in [1.807, 2.05) is 23.5 Å². The summed E-state index contributed by atoms with van der Waals surface area (Å²) in [7, 11) is 3.40. The monoisotopic (exact) mass is 329 g/mol. The maximum absolute atomic E-state index is 5.78. The first-order chi connectivity index (χ1) is 10.2. The molecule has 1 aromatic rings. The molecule has 0 aliphatic heterocycles. The van der Waals surface area contributed by atoms with Crippen molar-refractivity contribution in [2.75, 3.05) is 32.3 Å². The molecule has 0 aromatic heterocycles. The minimum absolute atomic E-state index is 0.646. The third-order valence-corrected chi connectivity index (χ3v) is 5.76. The maximum Gasteiger partial charge on any atom is 0.175 e. The number of hydrogen-bond donors (Lipinski definition) is 1. The molecule has 0 aliphatic carbocycles. The molecule has 0 saturated heterocycles.